The number of ketones is 1. The van der Waals surface area contributed by atoms with Gasteiger partial charge in [-0.15, -0.1) is 0 Å². The molecule has 1 aliphatic heterocycles. The SMILES string of the molecule is Cc1cc(OCC(=O)OCC(=O)C(C#N)=C2N(C)c3ccccc3N2C)ccc1Cl. The maximum absolute atomic E-state index is 12.6. The number of ether oxygens (including phenoxy) is 2. The minimum Gasteiger partial charge on any atom is -0.482 e. The number of anilines is 2. The molecular weight excluding hydrogens is 406 g/mol. The molecule has 8 heteroatoms. The lowest BCUT2D eigenvalue weighted by atomic mass is 10.2. The number of carbonyl (C=O) groups is 2. The molecule has 2 aromatic rings. The maximum Gasteiger partial charge on any atom is 0.344 e. The summed E-state index contributed by atoms with van der Waals surface area (Å²) in [7, 11) is 3.55. The Morgan fingerprint density at radius 3 is 2.27 bits per heavy atom. The summed E-state index contributed by atoms with van der Waals surface area (Å²) in [6.07, 6.45) is 0. The zero-order valence-electron chi connectivity index (χ0n) is 16.8. The summed E-state index contributed by atoms with van der Waals surface area (Å²) < 4.78 is 10.4. The highest BCUT2D eigenvalue weighted by Crippen LogP contribution is 2.40. The smallest absolute Gasteiger partial charge is 0.344 e. The molecule has 0 aliphatic carbocycles. The van der Waals surface area contributed by atoms with Crippen LogP contribution in [0, 0.1) is 18.3 Å². The molecule has 0 fully saturated rings. The number of aryl methyl sites for hydroxylation is 1. The Morgan fingerprint density at radius 1 is 1.07 bits per heavy atom. The van der Waals surface area contributed by atoms with E-state index >= 15 is 0 Å². The van der Waals surface area contributed by atoms with Crippen molar-refractivity contribution in [2.45, 2.75) is 6.92 Å². The molecule has 0 spiro atoms. The van der Waals surface area contributed by atoms with Crippen LogP contribution in [0.25, 0.3) is 0 Å². The number of nitrogens with zero attached hydrogens (tertiary/aromatic N) is 3. The number of benzene rings is 2. The van der Waals surface area contributed by atoms with Crippen molar-refractivity contribution in [2.75, 3.05) is 37.1 Å². The van der Waals surface area contributed by atoms with Crippen LogP contribution >= 0.6 is 11.6 Å². The topological polar surface area (TPSA) is 82.9 Å². The monoisotopic (exact) mass is 425 g/mol. The van der Waals surface area contributed by atoms with E-state index in [1.165, 1.54) is 0 Å². The molecule has 1 heterocycles. The van der Waals surface area contributed by atoms with Crippen LogP contribution in [0.4, 0.5) is 11.4 Å². The molecule has 0 atom stereocenters. The molecule has 2 aromatic carbocycles. The molecule has 154 valence electrons. The van der Waals surface area contributed by atoms with Gasteiger partial charge in [0.05, 0.1) is 11.4 Å². The maximum atomic E-state index is 12.6. The second-order valence-corrected chi connectivity index (χ2v) is 7.11. The summed E-state index contributed by atoms with van der Waals surface area (Å²) in [5.41, 5.74) is 2.48. The number of carbonyl (C=O) groups excluding carboxylic acids is 2. The fourth-order valence-electron chi connectivity index (χ4n) is 3.17. The lowest BCUT2D eigenvalue weighted by molar-refractivity contribution is -0.149. The minimum absolute atomic E-state index is 0.0850. The van der Waals surface area contributed by atoms with Crippen molar-refractivity contribution in [3.8, 4) is 11.8 Å². The van der Waals surface area contributed by atoms with E-state index in [0.29, 0.717) is 16.6 Å². The number of esters is 1. The molecule has 0 radical (unpaired) electrons. The summed E-state index contributed by atoms with van der Waals surface area (Å²) in [4.78, 5) is 28.1. The molecule has 0 saturated heterocycles. The largest absolute Gasteiger partial charge is 0.482 e. The highest BCUT2D eigenvalue weighted by Gasteiger charge is 2.31. The number of para-hydroxylation sites is 2. The number of nitriles is 1. The Morgan fingerprint density at radius 2 is 1.70 bits per heavy atom. The Kier molecular flexibility index (Phi) is 6.28. The Bertz CT molecular complexity index is 1040. The van der Waals surface area contributed by atoms with Crippen LogP contribution in [0.3, 0.4) is 0 Å². The van der Waals surface area contributed by atoms with Gasteiger partial charge in [0.1, 0.15) is 23.2 Å². The van der Waals surface area contributed by atoms with E-state index in [1.807, 2.05) is 37.3 Å². The standard InChI is InChI=1S/C22H20ClN3O4/c1-14-10-15(8-9-17(14)23)29-13-21(28)30-12-20(27)16(11-24)22-25(2)18-6-4-5-7-19(18)26(22)3/h4-10H,12-13H2,1-3H3. The second-order valence-electron chi connectivity index (χ2n) is 6.70. The van der Waals surface area contributed by atoms with E-state index < -0.39 is 18.4 Å². The van der Waals surface area contributed by atoms with Gasteiger partial charge in [-0.1, -0.05) is 23.7 Å². The van der Waals surface area contributed by atoms with Gasteiger partial charge in [0.25, 0.3) is 0 Å². The van der Waals surface area contributed by atoms with Crippen LogP contribution in [-0.4, -0.2) is 39.1 Å². The van der Waals surface area contributed by atoms with Gasteiger partial charge >= 0.3 is 5.97 Å². The van der Waals surface area contributed by atoms with E-state index in [9.17, 15) is 14.9 Å². The zero-order valence-corrected chi connectivity index (χ0v) is 17.6. The number of hydrogen-bond acceptors (Lipinski definition) is 7. The van der Waals surface area contributed by atoms with E-state index in [-0.39, 0.29) is 12.2 Å². The van der Waals surface area contributed by atoms with Gasteiger partial charge < -0.3 is 19.3 Å². The molecule has 30 heavy (non-hydrogen) atoms. The van der Waals surface area contributed by atoms with Gasteiger partial charge in [-0.2, -0.15) is 5.26 Å². The zero-order chi connectivity index (χ0) is 21.8. The fourth-order valence-corrected chi connectivity index (χ4v) is 3.28. The number of hydrogen-bond donors (Lipinski definition) is 0. The third-order valence-corrected chi connectivity index (χ3v) is 5.13. The van der Waals surface area contributed by atoms with Gasteiger partial charge in [-0.25, -0.2) is 4.79 Å². The summed E-state index contributed by atoms with van der Waals surface area (Å²) in [6.45, 7) is 0.906. The quantitative estimate of drug-likeness (QED) is 0.398. The van der Waals surface area contributed by atoms with Gasteiger partial charge in [0.15, 0.2) is 13.2 Å². The molecule has 0 bridgehead atoms. The molecule has 0 aromatic heterocycles. The van der Waals surface area contributed by atoms with Gasteiger partial charge in [0, 0.05) is 19.1 Å². The molecule has 0 N–H and O–H groups in total. The predicted octanol–water partition coefficient (Wildman–Crippen LogP) is 3.46. The van der Waals surface area contributed by atoms with Crippen LogP contribution in [-0.2, 0) is 14.3 Å². The van der Waals surface area contributed by atoms with E-state index in [4.69, 9.17) is 21.1 Å². The van der Waals surface area contributed by atoms with Crippen LogP contribution < -0.4 is 14.5 Å². The van der Waals surface area contributed by atoms with Gasteiger partial charge in [-0.3, -0.25) is 4.79 Å². The summed E-state index contributed by atoms with van der Waals surface area (Å²) in [5, 5.41) is 10.2. The molecule has 3 rings (SSSR count). The van der Waals surface area contributed by atoms with Crippen molar-refractivity contribution in [1.29, 1.82) is 5.26 Å². The van der Waals surface area contributed by atoms with Crippen LogP contribution in [0.1, 0.15) is 5.56 Å². The Hall–Kier alpha value is -3.50. The first kappa shape index (κ1) is 21.2. The molecule has 7 nitrogen and oxygen atoms in total. The highest BCUT2D eigenvalue weighted by atomic mass is 35.5. The van der Waals surface area contributed by atoms with Crippen molar-refractivity contribution in [3.63, 3.8) is 0 Å². The first-order valence-corrected chi connectivity index (χ1v) is 9.50. The first-order chi connectivity index (χ1) is 14.3. The second kappa shape index (κ2) is 8.89. The van der Waals surface area contributed by atoms with Crippen molar-refractivity contribution in [3.05, 3.63) is 64.4 Å². The third-order valence-electron chi connectivity index (χ3n) is 4.70. The molecule has 0 saturated carbocycles. The molecule has 0 amide bonds. The Balaban J connectivity index is 1.63. The molecule has 1 aliphatic rings. The summed E-state index contributed by atoms with van der Waals surface area (Å²) in [6, 6.07) is 14.5. The lowest BCUT2D eigenvalue weighted by Gasteiger charge is -2.19. The van der Waals surface area contributed by atoms with Crippen molar-refractivity contribution < 1.29 is 19.1 Å². The normalized spacial score (nSPS) is 12.3. The fraction of sp³-hybridized carbons (Fsp3) is 0.227. The average molecular weight is 426 g/mol. The van der Waals surface area contributed by atoms with Crippen molar-refractivity contribution in [2.24, 2.45) is 0 Å². The number of rotatable bonds is 6. The number of Topliss-reactive ketones (excluding diaryl/α,β-unsaturated/α-hetero) is 1. The average Bonchev–Trinajstić information content (AvgIpc) is 2.99. The van der Waals surface area contributed by atoms with Crippen LogP contribution in [0.5, 0.6) is 5.75 Å². The van der Waals surface area contributed by atoms with E-state index in [2.05, 4.69) is 0 Å². The number of fused-ring (bicyclic) bond motifs is 1. The molecular formula is C22H20ClN3O4. The van der Waals surface area contributed by atoms with Crippen molar-refractivity contribution >= 4 is 34.7 Å². The minimum atomic E-state index is -0.713. The predicted molar refractivity (Wildman–Crippen MR) is 114 cm³/mol. The first-order valence-electron chi connectivity index (χ1n) is 9.12. The van der Waals surface area contributed by atoms with E-state index in [1.54, 1.807) is 42.1 Å². The third kappa shape index (κ3) is 4.24. The van der Waals surface area contributed by atoms with Crippen LogP contribution in [0.15, 0.2) is 53.9 Å². The molecule has 0 unspecified atom stereocenters. The highest BCUT2D eigenvalue weighted by molar-refractivity contribution is 6.31. The van der Waals surface area contributed by atoms with E-state index in [0.717, 1.165) is 16.9 Å². The lowest BCUT2D eigenvalue weighted by Crippen LogP contribution is -2.28. The number of halogens is 1. The van der Waals surface area contributed by atoms with Crippen LogP contribution in [0.2, 0.25) is 5.02 Å². The van der Waals surface area contributed by atoms with Crippen molar-refractivity contribution in [1.82, 2.24) is 0 Å². The summed E-state index contributed by atoms with van der Waals surface area (Å²) in [5.74, 6) is -0.399. The Labute approximate surface area is 179 Å². The van der Waals surface area contributed by atoms with Gasteiger partial charge in [-0.05, 0) is 42.8 Å². The van der Waals surface area contributed by atoms with Gasteiger partial charge in [0.2, 0.25) is 5.78 Å². The summed E-state index contributed by atoms with van der Waals surface area (Å²) >= 11 is 5.95.